The van der Waals surface area contributed by atoms with Crippen molar-refractivity contribution in [2.45, 2.75) is 18.3 Å². The SMILES string of the molecule is O[C@@H]1[C@H](O)CO[C@H]1c1c[nH]c(=S)[nH]1. The number of nitrogens with one attached hydrogen (secondary N) is 2. The summed E-state index contributed by atoms with van der Waals surface area (Å²) in [4.78, 5) is 5.60. The van der Waals surface area contributed by atoms with E-state index >= 15 is 0 Å². The molecular weight excluding hydrogens is 192 g/mol. The minimum atomic E-state index is -0.888. The average Bonchev–Trinajstić information content (AvgIpc) is 2.62. The van der Waals surface area contributed by atoms with Crippen LogP contribution in [0.4, 0.5) is 0 Å². The molecule has 1 aromatic rings. The van der Waals surface area contributed by atoms with Crippen LogP contribution in [-0.4, -0.2) is 39.0 Å². The maximum atomic E-state index is 9.48. The molecular formula is C7H10N2O3S. The molecule has 4 N–H and O–H groups in total. The summed E-state index contributed by atoms with van der Waals surface area (Å²) in [7, 11) is 0. The fraction of sp³-hybridized carbons (Fsp3) is 0.571. The summed E-state index contributed by atoms with van der Waals surface area (Å²) >= 11 is 4.83. The number of H-pyrrole nitrogens is 2. The van der Waals surface area contributed by atoms with Gasteiger partial charge in [-0.25, -0.2) is 0 Å². The lowest BCUT2D eigenvalue weighted by Crippen LogP contribution is -2.25. The lowest BCUT2D eigenvalue weighted by molar-refractivity contribution is 0.0207. The smallest absolute Gasteiger partial charge is 0.174 e. The van der Waals surface area contributed by atoms with Crippen LogP contribution in [0.2, 0.25) is 0 Å². The van der Waals surface area contributed by atoms with E-state index in [2.05, 4.69) is 9.97 Å². The second kappa shape index (κ2) is 3.22. The Morgan fingerprint density at radius 2 is 2.31 bits per heavy atom. The van der Waals surface area contributed by atoms with Gasteiger partial charge in [-0.15, -0.1) is 0 Å². The molecule has 1 aromatic heterocycles. The predicted octanol–water partition coefficient (Wildman–Crippen LogP) is -0.135. The van der Waals surface area contributed by atoms with E-state index in [9.17, 15) is 10.2 Å². The number of aromatic nitrogens is 2. The third-order valence-electron chi connectivity index (χ3n) is 2.07. The van der Waals surface area contributed by atoms with Crippen molar-refractivity contribution in [1.82, 2.24) is 9.97 Å². The Morgan fingerprint density at radius 1 is 1.54 bits per heavy atom. The van der Waals surface area contributed by atoms with E-state index in [1.807, 2.05) is 0 Å². The molecule has 0 amide bonds. The first-order chi connectivity index (χ1) is 6.18. The molecule has 13 heavy (non-hydrogen) atoms. The molecule has 5 nitrogen and oxygen atoms in total. The van der Waals surface area contributed by atoms with Crippen LogP contribution in [0.1, 0.15) is 11.8 Å². The van der Waals surface area contributed by atoms with E-state index in [0.29, 0.717) is 10.5 Å². The molecule has 72 valence electrons. The number of aliphatic hydroxyl groups excluding tert-OH is 2. The molecule has 2 rings (SSSR count). The Kier molecular flexibility index (Phi) is 2.20. The highest BCUT2D eigenvalue weighted by atomic mass is 32.1. The summed E-state index contributed by atoms with van der Waals surface area (Å²) in [5.41, 5.74) is 0.661. The third-order valence-corrected chi connectivity index (χ3v) is 2.29. The van der Waals surface area contributed by atoms with Crippen molar-refractivity contribution in [3.63, 3.8) is 0 Å². The van der Waals surface area contributed by atoms with Crippen molar-refractivity contribution >= 4 is 12.2 Å². The van der Waals surface area contributed by atoms with E-state index in [-0.39, 0.29) is 6.61 Å². The van der Waals surface area contributed by atoms with Gasteiger partial charge in [0.25, 0.3) is 0 Å². The van der Waals surface area contributed by atoms with Gasteiger partial charge < -0.3 is 24.9 Å². The zero-order valence-electron chi connectivity index (χ0n) is 6.73. The van der Waals surface area contributed by atoms with Crippen molar-refractivity contribution in [3.8, 4) is 0 Å². The fourth-order valence-electron chi connectivity index (χ4n) is 1.37. The minimum absolute atomic E-state index is 0.150. The van der Waals surface area contributed by atoms with Crippen LogP contribution in [0.5, 0.6) is 0 Å². The quantitative estimate of drug-likeness (QED) is 0.478. The Labute approximate surface area is 79.4 Å². The molecule has 0 unspecified atom stereocenters. The second-order valence-corrected chi connectivity index (χ2v) is 3.42. The van der Waals surface area contributed by atoms with E-state index in [1.165, 1.54) is 0 Å². The number of imidazole rings is 1. The molecule has 1 saturated heterocycles. The zero-order chi connectivity index (χ0) is 9.42. The van der Waals surface area contributed by atoms with E-state index in [1.54, 1.807) is 6.20 Å². The van der Waals surface area contributed by atoms with Gasteiger partial charge in [0, 0.05) is 6.20 Å². The molecule has 0 saturated carbocycles. The minimum Gasteiger partial charge on any atom is -0.388 e. The summed E-state index contributed by atoms with van der Waals surface area (Å²) in [6.45, 7) is 0.150. The second-order valence-electron chi connectivity index (χ2n) is 3.01. The van der Waals surface area contributed by atoms with Crippen molar-refractivity contribution in [3.05, 3.63) is 16.7 Å². The van der Waals surface area contributed by atoms with Crippen molar-refractivity contribution in [2.24, 2.45) is 0 Å². The summed E-state index contributed by atoms with van der Waals surface area (Å²) < 4.78 is 5.66. The summed E-state index contributed by atoms with van der Waals surface area (Å²) in [6, 6.07) is 0. The molecule has 0 radical (unpaired) electrons. The standard InChI is InChI=1S/C7H10N2O3S/c10-4-2-12-6(5(4)11)3-1-8-7(13)9-3/h1,4-6,10-11H,2H2,(H2,8,9,13)/t4-,5-,6+/m1/s1. The van der Waals surface area contributed by atoms with Crippen LogP contribution in [-0.2, 0) is 4.74 Å². The number of aliphatic hydroxyl groups is 2. The van der Waals surface area contributed by atoms with Gasteiger partial charge in [0.2, 0.25) is 0 Å². The first-order valence-electron chi connectivity index (χ1n) is 3.94. The van der Waals surface area contributed by atoms with Gasteiger partial charge in [-0.2, -0.15) is 0 Å². The molecule has 1 aliphatic heterocycles. The Hall–Kier alpha value is -0.690. The highest BCUT2D eigenvalue weighted by Gasteiger charge is 2.36. The first-order valence-corrected chi connectivity index (χ1v) is 4.34. The summed E-state index contributed by atoms with van der Waals surface area (Å²) in [5.74, 6) is 0. The zero-order valence-corrected chi connectivity index (χ0v) is 7.54. The van der Waals surface area contributed by atoms with Gasteiger partial charge in [-0.05, 0) is 12.2 Å². The number of hydrogen-bond donors (Lipinski definition) is 4. The topological polar surface area (TPSA) is 81.3 Å². The molecule has 2 heterocycles. The van der Waals surface area contributed by atoms with Crippen molar-refractivity contribution in [1.29, 1.82) is 0 Å². The van der Waals surface area contributed by atoms with Gasteiger partial charge in [-0.1, -0.05) is 0 Å². The lowest BCUT2D eigenvalue weighted by atomic mass is 10.1. The Balaban J connectivity index is 2.23. The maximum absolute atomic E-state index is 9.48. The van der Waals surface area contributed by atoms with E-state index in [0.717, 1.165) is 0 Å². The Bertz CT molecular complexity index is 348. The monoisotopic (exact) mass is 202 g/mol. The molecule has 0 aromatic carbocycles. The molecule has 0 bridgehead atoms. The van der Waals surface area contributed by atoms with Gasteiger partial charge in [0.05, 0.1) is 12.3 Å². The summed E-state index contributed by atoms with van der Waals surface area (Å²) in [5, 5.41) is 18.7. The summed E-state index contributed by atoms with van der Waals surface area (Å²) in [6.07, 6.45) is -0.583. The fourth-order valence-corrected chi connectivity index (χ4v) is 1.55. The van der Waals surface area contributed by atoms with E-state index in [4.69, 9.17) is 17.0 Å². The number of ether oxygens (including phenoxy) is 1. The predicted molar refractivity (Wildman–Crippen MR) is 46.7 cm³/mol. The van der Waals surface area contributed by atoms with E-state index < -0.39 is 18.3 Å². The highest BCUT2D eigenvalue weighted by molar-refractivity contribution is 7.71. The van der Waals surface area contributed by atoms with Gasteiger partial charge >= 0.3 is 0 Å². The van der Waals surface area contributed by atoms with Crippen LogP contribution >= 0.6 is 12.2 Å². The van der Waals surface area contributed by atoms with Crippen LogP contribution < -0.4 is 0 Å². The normalized spacial score (nSPS) is 33.8. The molecule has 1 aliphatic rings. The van der Waals surface area contributed by atoms with Gasteiger partial charge in [0.15, 0.2) is 4.77 Å². The molecule has 0 aliphatic carbocycles. The molecule has 1 fully saturated rings. The lowest BCUT2D eigenvalue weighted by Gasteiger charge is -2.12. The molecule has 0 spiro atoms. The van der Waals surface area contributed by atoms with Crippen LogP contribution in [0, 0.1) is 4.77 Å². The van der Waals surface area contributed by atoms with Crippen molar-refractivity contribution in [2.75, 3.05) is 6.61 Å². The molecule has 6 heteroatoms. The number of aromatic amines is 2. The number of rotatable bonds is 1. The maximum Gasteiger partial charge on any atom is 0.174 e. The van der Waals surface area contributed by atoms with Crippen molar-refractivity contribution < 1.29 is 14.9 Å². The number of hydrogen-bond acceptors (Lipinski definition) is 4. The van der Waals surface area contributed by atoms with Crippen LogP contribution in [0.3, 0.4) is 0 Å². The van der Waals surface area contributed by atoms with Gasteiger partial charge in [-0.3, -0.25) is 0 Å². The Morgan fingerprint density at radius 3 is 2.77 bits per heavy atom. The largest absolute Gasteiger partial charge is 0.388 e. The first kappa shape index (κ1) is 8.89. The average molecular weight is 202 g/mol. The molecule has 3 atom stereocenters. The van der Waals surface area contributed by atoms with Crippen LogP contribution in [0.15, 0.2) is 6.20 Å². The van der Waals surface area contributed by atoms with Crippen LogP contribution in [0.25, 0.3) is 0 Å². The van der Waals surface area contributed by atoms with Gasteiger partial charge in [0.1, 0.15) is 18.3 Å². The highest BCUT2D eigenvalue weighted by Crippen LogP contribution is 2.27. The third kappa shape index (κ3) is 1.53.